The van der Waals surface area contributed by atoms with Crippen LogP contribution in [0.5, 0.6) is 0 Å². The van der Waals surface area contributed by atoms with E-state index in [4.69, 9.17) is 0 Å². The number of fused-ring (bicyclic) bond motifs is 1. The van der Waals surface area contributed by atoms with E-state index in [1.807, 2.05) is 0 Å². The molecule has 0 fully saturated rings. The Labute approximate surface area is 191 Å². The first-order valence-electron chi connectivity index (χ1n) is 10.6. The molecule has 2 aromatic carbocycles. The summed E-state index contributed by atoms with van der Waals surface area (Å²) >= 11 is 0. The zero-order chi connectivity index (χ0) is 24.8. The number of benzene rings is 2. The van der Waals surface area contributed by atoms with Crippen molar-refractivity contribution in [2.75, 3.05) is 4.90 Å². The summed E-state index contributed by atoms with van der Waals surface area (Å²) in [5.74, 6) is -5.20. The third kappa shape index (κ3) is 3.69. The van der Waals surface area contributed by atoms with Crippen LogP contribution < -0.4 is 10.6 Å². The van der Waals surface area contributed by atoms with Crippen LogP contribution in [-0.4, -0.2) is 31.5 Å². The van der Waals surface area contributed by atoms with E-state index >= 15 is 0 Å². The Morgan fingerprint density at radius 1 is 1.09 bits per heavy atom. The number of aliphatic hydroxyl groups excluding tert-OH is 1. The number of alkyl halides is 3. The van der Waals surface area contributed by atoms with Gasteiger partial charge in [0.05, 0.1) is 11.6 Å². The Kier molecular flexibility index (Phi) is 6.07. The second-order valence-electron chi connectivity index (χ2n) is 8.03. The van der Waals surface area contributed by atoms with Gasteiger partial charge < -0.3 is 5.11 Å². The van der Waals surface area contributed by atoms with Crippen LogP contribution in [0.2, 0.25) is 0 Å². The van der Waals surface area contributed by atoms with Crippen molar-refractivity contribution in [3.63, 3.8) is 0 Å². The summed E-state index contributed by atoms with van der Waals surface area (Å²) in [6, 6.07) is 11.0. The van der Waals surface area contributed by atoms with E-state index in [-0.39, 0.29) is 29.2 Å². The Balaban J connectivity index is 2.09. The third-order valence-electron chi connectivity index (χ3n) is 6.19. The van der Waals surface area contributed by atoms with Gasteiger partial charge >= 0.3 is 11.9 Å². The molecule has 34 heavy (non-hydrogen) atoms. The number of nitrogens with zero attached hydrogens (tertiary/aromatic N) is 4. The molecule has 3 atom stereocenters. The number of anilines is 1. The fraction of sp³-hybridized carbons (Fsp3) is 0.348. The molecule has 2 heterocycles. The number of rotatable bonds is 5. The number of hydrogen-bond donors (Lipinski definition) is 1. The van der Waals surface area contributed by atoms with E-state index in [1.165, 1.54) is 42.5 Å². The molecule has 1 aliphatic heterocycles. The summed E-state index contributed by atoms with van der Waals surface area (Å²) in [4.78, 5) is 27.7. The van der Waals surface area contributed by atoms with Crippen molar-refractivity contribution in [3.8, 4) is 0 Å². The topological polar surface area (TPSA) is 80.4 Å². The van der Waals surface area contributed by atoms with E-state index in [0.717, 1.165) is 27.1 Å². The smallest absolute Gasteiger partial charge is 0.388 e. The summed E-state index contributed by atoms with van der Waals surface area (Å²) in [7, 11) is 0. The molecule has 3 aromatic rings. The zero-order valence-electron chi connectivity index (χ0n) is 18.3. The maximum atomic E-state index is 14.9. The van der Waals surface area contributed by atoms with Crippen LogP contribution >= 0.6 is 0 Å². The van der Waals surface area contributed by atoms with Crippen LogP contribution in [0.3, 0.4) is 0 Å². The lowest BCUT2D eigenvalue weighted by molar-refractivity contribution is -0.179. The highest BCUT2D eigenvalue weighted by molar-refractivity contribution is 6.08. The van der Waals surface area contributed by atoms with Crippen molar-refractivity contribution in [1.82, 2.24) is 14.3 Å². The quantitative estimate of drug-likeness (QED) is 0.566. The lowest BCUT2D eigenvalue weighted by Crippen LogP contribution is -2.52. The van der Waals surface area contributed by atoms with Crippen molar-refractivity contribution in [1.29, 1.82) is 0 Å². The van der Waals surface area contributed by atoms with Crippen molar-refractivity contribution < 1.29 is 27.5 Å². The maximum Gasteiger partial charge on any atom is 0.392 e. The number of amides is 1. The Hall–Kier alpha value is -3.47. The molecule has 7 nitrogen and oxygen atoms in total. The van der Waals surface area contributed by atoms with E-state index < -0.39 is 48.2 Å². The van der Waals surface area contributed by atoms with Crippen molar-refractivity contribution in [3.05, 3.63) is 81.8 Å². The minimum absolute atomic E-state index is 0.0199. The van der Waals surface area contributed by atoms with Crippen LogP contribution in [-0.2, 0) is 13.2 Å². The minimum Gasteiger partial charge on any atom is -0.388 e. The molecule has 0 saturated heterocycles. The van der Waals surface area contributed by atoms with Gasteiger partial charge in [-0.2, -0.15) is 23.0 Å². The van der Waals surface area contributed by atoms with Gasteiger partial charge in [0.2, 0.25) is 0 Å². The number of carbonyl (C=O) groups is 1. The molecule has 11 heteroatoms. The summed E-state index contributed by atoms with van der Waals surface area (Å²) < 4.78 is 59.1. The van der Waals surface area contributed by atoms with Crippen LogP contribution in [0, 0.1) is 11.7 Å². The number of carbonyl (C=O) groups excluding carboxylic acids is 1. The largest absolute Gasteiger partial charge is 0.392 e. The fourth-order valence-corrected chi connectivity index (χ4v) is 4.51. The van der Waals surface area contributed by atoms with Gasteiger partial charge in [-0.15, -0.1) is 0 Å². The van der Waals surface area contributed by atoms with Gasteiger partial charge in [-0.1, -0.05) is 37.3 Å². The number of halogens is 4. The van der Waals surface area contributed by atoms with Gasteiger partial charge in [0.1, 0.15) is 18.6 Å². The molecule has 3 unspecified atom stereocenters. The first-order chi connectivity index (χ1) is 16.1. The minimum atomic E-state index is -4.70. The average Bonchev–Trinajstić information content (AvgIpc) is 3.13. The molecule has 1 N–H and O–H groups in total. The first-order valence-corrected chi connectivity index (χ1v) is 10.6. The second-order valence-corrected chi connectivity index (χ2v) is 8.03. The average molecular weight is 478 g/mol. The maximum absolute atomic E-state index is 14.9. The Morgan fingerprint density at radius 2 is 1.74 bits per heavy atom. The van der Waals surface area contributed by atoms with E-state index in [9.17, 15) is 32.3 Å². The second kappa shape index (κ2) is 8.71. The van der Waals surface area contributed by atoms with Gasteiger partial charge in [0, 0.05) is 18.0 Å². The molecule has 0 saturated carbocycles. The zero-order valence-corrected chi connectivity index (χ0v) is 18.3. The fourth-order valence-electron chi connectivity index (χ4n) is 4.51. The van der Waals surface area contributed by atoms with Crippen molar-refractivity contribution in [2.24, 2.45) is 5.92 Å². The number of aromatic nitrogens is 3. The molecule has 4 rings (SSSR count). The lowest BCUT2D eigenvalue weighted by atomic mass is 9.78. The van der Waals surface area contributed by atoms with Crippen LogP contribution in [0.25, 0.3) is 0 Å². The molecular weight excluding hydrogens is 456 g/mol. The SMILES string of the molecule is CCn1c(CO)nn(C2C(C(C)C(F)(F)F)c3ccccc3C(=O)N2c2ccccc2F)c1=O. The van der Waals surface area contributed by atoms with Gasteiger partial charge in [-0.25, -0.2) is 9.18 Å². The number of para-hydroxylation sites is 1. The predicted molar refractivity (Wildman–Crippen MR) is 115 cm³/mol. The normalized spacial score (nSPS) is 19.3. The standard InChI is InChI=1S/C23H22F4N4O3/c1-3-29-18(12-32)28-31(22(29)34)20-19(13(2)23(25,26)27)14-8-4-5-9-15(14)21(33)30(20)17-11-7-6-10-16(17)24/h4-11,13,19-20,32H,3,12H2,1-2H3. The van der Waals surface area contributed by atoms with E-state index in [1.54, 1.807) is 6.92 Å². The highest BCUT2D eigenvalue weighted by atomic mass is 19.4. The molecule has 1 amide bonds. The van der Waals surface area contributed by atoms with Gasteiger partial charge in [0.25, 0.3) is 5.91 Å². The van der Waals surface area contributed by atoms with Gasteiger partial charge in [-0.3, -0.25) is 14.3 Å². The molecule has 0 bridgehead atoms. The molecule has 1 aromatic heterocycles. The summed E-state index contributed by atoms with van der Waals surface area (Å²) in [6.45, 7) is 2.01. The molecular formula is C23H22F4N4O3. The predicted octanol–water partition coefficient (Wildman–Crippen LogP) is 3.84. The van der Waals surface area contributed by atoms with E-state index in [0.29, 0.717) is 0 Å². The molecule has 180 valence electrons. The summed E-state index contributed by atoms with van der Waals surface area (Å²) in [6.07, 6.45) is -6.34. The summed E-state index contributed by atoms with van der Waals surface area (Å²) in [5.41, 5.74) is -1.04. The van der Waals surface area contributed by atoms with Crippen LogP contribution in [0.15, 0.2) is 53.3 Å². The number of aliphatic hydroxyl groups is 1. The third-order valence-corrected chi connectivity index (χ3v) is 6.19. The molecule has 0 aliphatic carbocycles. The van der Waals surface area contributed by atoms with Gasteiger partial charge in [-0.05, 0) is 30.7 Å². The van der Waals surface area contributed by atoms with Crippen molar-refractivity contribution in [2.45, 2.75) is 45.3 Å². The molecule has 0 radical (unpaired) electrons. The molecule has 0 spiro atoms. The highest BCUT2D eigenvalue weighted by Gasteiger charge is 2.52. The molecule has 1 aliphatic rings. The van der Waals surface area contributed by atoms with Gasteiger partial charge in [0.15, 0.2) is 5.82 Å². The monoisotopic (exact) mass is 478 g/mol. The van der Waals surface area contributed by atoms with Crippen molar-refractivity contribution >= 4 is 11.6 Å². The number of hydrogen-bond acceptors (Lipinski definition) is 4. The lowest BCUT2D eigenvalue weighted by Gasteiger charge is -2.44. The Bertz CT molecular complexity index is 1280. The summed E-state index contributed by atoms with van der Waals surface area (Å²) in [5, 5.41) is 13.8. The van der Waals surface area contributed by atoms with Crippen LogP contribution in [0.1, 0.15) is 47.7 Å². The van der Waals surface area contributed by atoms with E-state index in [2.05, 4.69) is 5.10 Å². The van der Waals surface area contributed by atoms with Crippen LogP contribution in [0.4, 0.5) is 23.2 Å². The highest BCUT2D eigenvalue weighted by Crippen LogP contribution is 2.49. The first kappa shape index (κ1) is 23.7. The Morgan fingerprint density at radius 3 is 2.32 bits per heavy atom.